The summed E-state index contributed by atoms with van der Waals surface area (Å²) < 4.78 is 30.2. The van der Waals surface area contributed by atoms with Gasteiger partial charge in [0, 0.05) is 7.05 Å². The molecule has 0 radical (unpaired) electrons. The Labute approximate surface area is 158 Å². The number of hydrogen-bond donors (Lipinski definition) is 0. The second-order valence-corrected chi connectivity index (χ2v) is 8.02. The maximum absolute atomic E-state index is 12.2. The molecule has 0 spiro atoms. The smallest absolute Gasteiger partial charge is 0.338 e. The first-order valence-electron chi connectivity index (χ1n) is 8.44. The van der Waals surface area contributed by atoms with Gasteiger partial charge in [-0.3, -0.25) is 4.79 Å². The Morgan fingerprint density at radius 2 is 1.85 bits per heavy atom. The van der Waals surface area contributed by atoms with Gasteiger partial charge in [0.15, 0.2) is 0 Å². The Morgan fingerprint density at radius 1 is 1.15 bits per heavy atom. The highest BCUT2D eigenvalue weighted by Crippen LogP contribution is 2.29. The lowest BCUT2D eigenvalue weighted by molar-refractivity contribution is 0.0549. The van der Waals surface area contributed by atoms with Crippen molar-refractivity contribution in [2.45, 2.75) is 18.2 Å². The van der Waals surface area contributed by atoms with Gasteiger partial charge in [-0.1, -0.05) is 37.3 Å². The van der Waals surface area contributed by atoms with E-state index in [-0.39, 0.29) is 22.6 Å². The number of carbonyl (C=O) groups excluding carboxylic acids is 2. The third kappa shape index (κ3) is 3.64. The van der Waals surface area contributed by atoms with Gasteiger partial charge < -0.3 is 4.74 Å². The molecule has 0 saturated carbocycles. The lowest BCUT2D eigenvalue weighted by atomic mass is 10.1. The van der Waals surface area contributed by atoms with E-state index >= 15 is 0 Å². The molecule has 7 heteroatoms. The molecule has 140 valence electrons. The molecule has 0 aromatic heterocycles. The van der Waals surface area contributed by atoms with Crippen LogP contribution in [0, 0.1) is 0 Å². The molecular weight excluding hydrogens is 366 g/mol. The summed E-state index contributed by atoms with van der Waals surface area (Å²) in [6.07, 6.45) is 4.52. The molecule has 0 saturated heterocycles. The summed E-state index contributed by atoms with van der Waals surface area (Å²) in [5.74, 6) is -1.26. The first-order valence-corrected chi connectivity index (χ1v) is 9.88. The number of benzene rings is 2. The fraction of sp³-hybridized carbons (Fsp3) is 0.200. The van der Waals surface area contributed by atoms with E-state index in [9.17, 15) is 18.0 Å². The first-order chi connectivity index (χ1) is 12.8. The van der Waals surface area contributed by atoms with Crippen molar-refractivity contribution >= 4 is 28.0 Å². The van der Waals surface area contributed by atoms with Crippen LogP contribution in [0.25, 0.3) is 6.08 Å². The molecule has 0 fully saturated rings. The minimum absolute atomic E-state index is 0.0526. The molecule has 1 aliphatic rings. The molecule has 0 atom stereocenters. The summed E-state index contributed by atoms with van der Waals surface area (Å²) >= 11 is 0. The molecule has 6 nitrogen and oxygen atoms in total. The monoisotopic (exact) mass is 385 g/mol. The van der Waals surface area contributed by atoms with E-state index in [1.165, 1.54) is 30.8 Å². The number of rotatable bonds is 5. The molecule has 3 rings (SSSR count). The Hall–Kier alpha value is -2.93. The van der Waals surface area contributed by atoms with Crippen molar-refractivity contribution < 1.29 is 22.7 Å². The molecular formula is C20H19NO5S. The highest BCUT2D eigenvalue weighted by atomic mass is 32.2. The molecule has 2 aromatic carbocycles. The SMILES string of the molecule is CCc1ccc(/C=C/COC(=O)c2ccc3c(c2)S(=O)(=O)N(C)C3=O)cc1. The van der Waals surface area contributed by atoms with E-state index in [0.717, 1.165) is 12.0 Å². The molecule has 0 unspecified atom stereocenters. The average Bonchev–Trinajstić information content (AvgIpc) is 2.85. The molecule has 0 N–H and O–H groups in total. The van der Waals surface area contributed by atoms with E-state index < -0.39 is 21.9 Å². The van der Waals surface area contributed by atoms with Crippen LogP contribution in [-0.4, -0.2) is 38.3 Å². The summed E-state index contributed by atoms with van der Waals surface area (Å²) in [4.78, 5) is 23.9. The van der Waals surface area contributed by atoms with Crippen molar-refractivity contribution in [3.05, 3.63) is 70.8 Å². The summed E-state index contributed by atoms with van der Waals surface area (Å²) in [5.41, 5.74) is 2.38. The van der Waals surface area contributed by atoms with E-state index in [1.807, 2.05) is 30.3 Å². The van der Waals surface area contributed by atoms with Gasteiger partial charge in [-0.05, 0) is 41.8 Å². The predicted octanol–water partition coefficient (Wildman–Crippen LogP) is 2.89. The van der Waals surface area contributed by atoms with Gasteiger partial charge in [-0.25, -0.2) is 17.5 Å². The molecule has 27 heavy (non-hydrogen) atoms. The third-order valence-electron chi connectivity index (χ3n) is 4.38. The number of esters is 1. The third-order valence-corrected chi connectivity index (χ3v) is 6.16. The van der Waals surface area contributed by atoms with Crippen molar-refractivity contribution in [2.24, 2.45) is 0 Å². The second-order valence-electron chi connectivity index (χ2n) is 6.08. The maximum atomic E-state index is 12.2. The fourth-order valence-electron chi connectivity index (χ4n) is 2.72. The van der Waals surface area contributed by atoms with Gasteiger partial charge in [0.25, 0.3) is 15.9 Å². The number of fused-ring (bicyclic) bond motifs is 1. The summed E-state index contributed by atoms with van der Waals surface area (Å²) in [6, 6.07) is 11.9. The zero-order chi connectivity index (χ0) is 19.6. The van der Waals surface area contributed by atoms with Crippen LogP contribution in [0.15, 0.2) is 53.4 Å². The Kier molecular flexibility index (Phi) is 5.14. The van der Waals surface area contributed by atoms with E-state index in [2.05, 4.69) is 6.92 Å². The second kappa shape index (κ2) is 7.36. The van der Waals surface area contributed by atoms with Gasteiger partial charge in [0.1, 0.15) is 11.5 Å². The number of sulfonamides is 1. The van der Waals surface area contributed by atoms with Crippen LogP contribution < -0.4 is 0 Å². The predicted molar refractivity (Wildman–Crippen MR) is 101 cm³/mol. The van der Waals surface area contributed by atoms with Crippen LogP contribution in [0.4, 0.5) is 0 Å². The standard InChI is InChI=1S/C20H19NO5S/c1-3-14-6-8-15(9-7-14)5-4-12-26-20(23)16-10-11-17-18(13-16)27(24,25)21(2)19(17)22/h4-11,13H,3,12H2,1-2H3/b5-4+. The van der Waals surface area contributed by atoms with Crippen molar-refractivity contribution in [3.8, 4) is 0 Å². The van der Waals surface area contributed by atoms with Crippen LogP contribution in [0.3, 0.4) is 0 Å². The minimum atomic E-state index is -3.89. The van der Waals surface area contributed by atoms with Crippen molar-refractivity contribution in [1.82, 2.24) is 4.31 Å². The lowest BCUT2D eigenvalue weighted by Crippen LogP contribution is -2.24. The number of hydrogen-bond acceptors (Lipinski definition) is 5. The van der Waals surface area contributed by atoms with Crippen molar-refractivity contribution in [3.63, 3.8) is 0 Å². The van der Waals surface area contributed by atoms with Crippen LogP contribution in [0.1, 0.15) is 38.8 Å². The summed E-state index contributed by atoms with van der Waals surface area (Å²) in [5, 5.41) is 0. The number of nitrogens with zero attached hydrogens (tertiary/aromatic N) is 1. The molecule has 0 aliphatic carbocycles. The van der Waals surface area contributed by atoms with E-state index in [4.69, 9.17) is 4.74 Å². The minimum Gasteiger partial charge on any atom is -0.458 e. The molecule has 2 aromatic rings. The van der Waals surface area contributed by atoms with Crippen LogP contribution in [-0.2, 0) is 21.2 Å². The zero-order valence-corrected chi connectivity index (χ0v) is 15.8. The lowest BCUT2D eigenvalue weighted by Gasteiger charge is -2.06. The highest BCUT2D eigenvalue weighted by molar-refractivity contribution is 7.90. The van der Waals surface area contributed by atoms with E-state index in [1.54, 1.807) is 6.08 Å². The number of carbonyl (C=O) groups is 2. The molecule has 0 bridgehead atoms. The van der Waals surface area contributed by atoms with Gasteiger partial charge >= 0.3 is 5.97 Å². The van der Waals surface area contributed by atoms with E-state index in [0.29, 0.717) is 4.31 Å². The van der Waals surface area contributed by atoms with Crippen LogP contribution in [0.5, 0.6) is 0 Å². The van der Waals surface area contributed by atoms with Crippen molar-refractivity contribution in [2.75, 3.05) is 13.7 Å². The number of amides is 1. The van der Waals surface area contributed by atoms with Gasteiger partial charge in [-0.15, -0.1) is 0 Å². The largest absolute Gasteiger partial charge is 0.458 e. The zero-order valence-electron chi connectivity index (χ0n) is 15.0. The Bertz CT molecular complexity index is 1020. The van der Waals surface area contributed by atoms with Crippen LogP contribution in [0.2, 0.25) is 0 Å². The number of ether oxygens (including phenoxy) is 1. The topological polar surface area (TPSA) is 80.8 Å². The fourth-order valence-corrected chi connectivity index (χ4v) is 4.04. The van der Waals surface area contributed by atoms with Gasteiger partial charge in [0.05, 0.1) is 11.1 Å². The Morgan fingerprint density at radius 3 is 2.52 bits per heavy atom. The quantitative estimate of drug-likeness (QED) is 0.740. The maximum Gasteiger partial charge on any atom is 0.338 e. The number of aryl methyl sites for hydroxylation is 1. The van der Waals surface area contributed by atoms with Gasteiger partial charge in [0.2, 0.25) is 0 Å². The molecule has 1 heterocycles. The van der Waals surface area contributed by atoms with Crippen molar-refractivity contribution in [1.29, 1.82) is 0 Å². The summed E-state index contributed by atoms with van der Waals surface area (Å²) in [6.45, 7) is 2.14. The Balaban J connectivity index is 1.66. The average molecular weight is 385 g/mol. The van der Waals surface area contributed by atoms with Gasteiger partial charge in [-0.2, -0.15) is 0 Å². The first kappa shape index (κ1) is 18.8. The highest BCUT2D eigenvalue weighted by Gasteiger charge is 2.39. The molecule has 1 amide bonds. The normalized spacial score (nSPS) is 15.2. The summed E-state index contributed by atoms with van der Waals surface area (Å²) in [7, 11) is -2.71. The molecule has 1 aliphatic heterocycles. The van der Waals surface area contributed by atoms with Crippen LogP contribution >= 0.6 is 0 Å².